The van der Waals surface area contributed by atoms with E-state index in [2.05, 4.69) is 4.98 Å². The Morgan fingerprint density at radius 1 is 1.05 bits per heavy atom. The van der Waals surface area contributed by atoms with Crippen molar-refractivity contribution in [3.05, 3.63) is 47.7 Å². The van der Waals surface area contributed by atoms with Crippen molar-refractivity contribution in [1.29, 1.82) is 0 Å². The van der Waals surface area contributed by atoms with Crippen LogP contribution in [-0.4, -0.2) is 22.3 Å². The molecular formula is C14H15NO4. The van der Waals surface area contributed by atoms with Gasteiger partial charge in [0.1, 0.15) is 0 Å². The van der Waals surface area contributed by atoms with E-state index in [1.165, 1.54) is 7.11 Å². The summed E-state index contributed by atoms with van der Waals surface area (Å²) in [6, 6.07) is 10.3. The van der Waals surface area contributed by atoms with E-state index in [1.807, 2.05) is 0 Å². The summed E-state index contributed by atoms with van der Waals surface area (Å²) in [6.07, 6.45) is 0. The van der Waals surface area contributed by atoms with Crippen LogP contribution in [0.2, 0.25) is 0 Å². The van der Waals surface area contributed by atoms with Gasteiger partial charge in [0.2, 0.25) is 5.88 Å². The van der Waals surface area contributed by atoms with Gasteiger partial charge in [-0.2, -0.15) is 0 Å². The zero-order valence-electron chi connectivity index (χ0n) is 10.5. The molecule has 0 aliphatic heterocycles. The quantitative estimate of drug-likeness (QED) is 0.859. The summed E-state index contributed by atoms with van der Waals surface area (Å²) in [5, 5.41) is 18.1. The average Bonchev–Trinajstić information content (AvgIpc) is 2.48. The normalized spacial score (nSPS) is 10.3. The van der Waals surface area contributed by atoms with Gasteiger partial charge in [0.15, 0.2) is 11.5 Å². The van der Waals surface area contributed by atoms with Crippen LogP contribution >= 0.6 is 0 Å². The lowest BCUT2D eigenvalue weighted by atomic mass is 10.2. The fourth-order valence-corrected chi connectivity index (χ4v) is 1.61. The van der Waals surface area contributed by atoms with Crippen LogP contribution in [0.15, 0.2) is 36.4 Å². The SMILES string of the molecule is COc1cc(CO)ccc1Oc1cccc(CO)n1. The molecular weight excluding hydrogens is 246 g/mol. The summed E-state index contributed by atoms with van der Waals surface area (Å²) in [5.74, 6) is 1.40. The topological polar surface area (TPSA) is 71.8 Å². The highest BCUT2D eigenvalue weighted by Crippen LogP contribution is 2.31. The third-order valence-corrected chi connectivity index (χ3v) is 2.57. The van der Waals surface area contributed by atoms with Crippen molar-refractivity contribution in [2.75, 3.05) is 7.11 Å². The van der Waals surface area contributed by atoms with Gasteiger partial charge in [-0.3, -0.25) is 0 Å². The van der Waals surface area contributed by atoms with Gasteiger partial charge in [-0.15, -0.1) is 0 Å². The van der Waals surface area contributed by atoms with Crippen molar-refractivity contribution in [3.63, 3.8) is 0 Å². The molecule has 2 N–H and O–H groups in total. The predicted molar refractivity (Wildman–Crippen MR) is 69.2 cm³/mol. The lowest BCUT2D eigenvalue weighted by Gasteiger charge is -2.11. The molecule has 0 spiro atoms. The van der Waals surface area contributed by atoms with Gasteiger partial charge >= 0.3 is 0 Å². The summed E-state index contributed by atoms with van der Waals surface area (Å²) < 4.78 is 10.8. The number of hydrogen-bond acceptors (Lipinski definition) is 5. The van der Waals surface area contributed by atoms with Crippen molar-refractivity contribution < 1.29 is 19.7 Å². The zero-order valence-corrected chi connectivity index (χ0v) is 10.5. The molecule has 0 aliphatic carbocycles. The van der Waals surface area contributed by atoms with Crippen LogP contribution in [0.5, 0.6) is 17.4 Å². The first-order valence-electron chi connectivity index (χ1n) is 5.79. The van der Waals surface area contributed by atoms with Crippen LogP contribution in [0.1, 0.15) is 11.3 Å². The van der Waals surface area contributed by atoms with Gasteiger partial charge in [0, 0.05) is 6.07 Å². The third kappa shape index (κ3) is 3.21. The number of benzene rings is 1. The average molecular weight is 261 g/mol. The Morgan fingerprint density at radius 3 is 2.58 bits per heavy atom. The Morgan fingerprint density at radius 2 is 1.89 bits per heavy atom. The first kappa shape index (κ1) is 13.3. The Hall–Kier alpha value is -2.11. The summed E-state index contributed by atoms with van der Waals surface area (Å²) in [5.41, 5.74) is 1.27. The van der Waals surface area contributed by atoms with Crippen molar-refractivity contribution in [2.24, 2.45) is 0 Å². The summed E-state index contributed by atoms with van der Waals surface area (Å²) >= 11 is 0. The molecule has 0 aliphatic rings. The van der Waals surface area contributed by atoms with E-state index in [0.717, 1.165) is 5.56 Å². The van der Waals surface area contributed by atoms with E-state index in [0.29, 0.717) is 23.1 Å². The van der Waals surface area contributed by atoms with Gasteiger partial charge in [-0.1, -0.05) is 12.1 Å². The minimum Gasteiger partial charge on any atom is -0.493 e. The Labute approximate surface area is 111 Å². The first-order chi connectivity index (χ1) is 9.26. The number of pyridine rings is 1. The predicted octanol–water partition coefficient (Wildman–Crippen LogP) is 1.87. The van der Waals surface area contributed by atoms with E-state index >= 15 is 0 Å². The molecule has 100 valence electrons. The molecule has 0 unspecified atom stereocenters. The van der Waals surface area contributed by atoms with Crippen LogP contribution in [-0.2, 0) is 13.2 Å². The van der Waals surface area contributed by atoms with Crippen LogP contribution in [0.4, 0.5) is 0 Å². The fraction of sp³-hybridized carbons (Fsp3) is 0.214. The highest BCUT2D eigenvalue weighted by atomic mass is 16.5. The number of methoxy groups -OCH3 is 1. The summed E-state index contributed by atoms with van der Waals surface area (Å²) in [4.78, 5) is 4.13. The maximum absolute atomic E-state index is 9.07. The second kappa shape index (κ2) is 6.17. The number of ether oxygens (including phenoxy) is 2. The zero-order chi connectivity index (χ0) is 13.7. The number of rotatable bonds is 5. The van der Waals surface area contributed by atoms with E-state index in [9.17, 15) is 0 Å². The van der Waals surface area contributed by atoms with Crippen molar-refractivity contribution >= 4 is 0 Å². The van der Waals surface area contributed by atoms with Gasteiger partial charge in [0.05, 0.1) is 26.0 Å². The first-order valence-corrected chi connectivity index (χ1v) is 5.79. The molecule has 5 nitrogen and oxygen atoms in total. The Kier molecular flexibility index (Phi) is 4.33. The standard InChI is InChI=1S/C14H15NO4/c1-18-13-7-10(8-16)5-6-12(13)19-14-4-2-3-11(9-17)15-14/h2-7,16-17H,8-9H2,1H3. The molecule has 0 bridgehead atoms. The lowest BCUT2D eigenvalue weighted by Crippen LogP contribution is -1.96. The molecule has 0 radical (unpaired) electrons. The molecule has 2 rings (SSSR count). The second-order valence-electron chi connectivity index (χ2n) is 3.87. The monoisotopic (exact) mass is 261 g/mol. The van der Waals surface area contributed by atoms with Crippen LogP contribution < -0.4 is 9.47 Å². The molecule has 5 heteroatoms. The van der Waals surface area contributed by atoms with Crippen molar-refractivity contribution in [2.45, 2.75) is 13.2 Å². The minimum atomic E-state index is -0.141. The van der Waals surface area contributed by atoms with E-state index in [-0.39, 0.29) is 13.2 Å². The summed E-state index contributed by atoms with van der Waals surface area (Å²) in [7, 11) is 1.53. The fourth-order valence-electron chi connectivity index (χ4n) is 1.61. The molecule has 1 aromatic carbocycles. The summed E-state index contributed by atoms with van der Waals surface area (Å²) in [6.45, 7) is -0.202. The maximum atomic E-state index is 9.07. The molecule has 0 fully saturated rings. The third-order valence-electron chi connectivity index (χ3n) is 2.57. The van der Waals surface area contributed by atoms with E-state index in [4.69, 9.17) is 19.7 Å². The van der Waals surface area contributed by atoms with Gasteiger partial charge in [-0.05, 0) is 23.8 Å². The largest absolute Gasteiger partial charge is 0.493 e. The second-order valence-corrected chi connectivity index (χ2v) is 3.87. The van der Waals surface area contributed by atoms with Crippen LogP contribution in [0, 0.1) is 0 Å². The van der Waals surface area contributed by atoms with E-state index < -0.39 is 0 Å². The highest BCUT2D eigenvalue weighted by Gasteiger charge is 2.08. The maximum Gasteiger partial charge on any atom is 0.219 e. The van der Waals surface area contributed by atoms with Crippen LogP contribution in [0.3, 0.4) is 0 Å². The molecule has 0 atom stereocenters. The Balaban J connectivity index is 2.26. The molecule has 0 saturated heterocycles. The van der Waals surface area contributed by atoms with Crippen molar-refractivity contribution in [1.82, 2.24) is 4.98 Å². The molecule has 19 heavy (non-hydrogen) atoms. The number of aromatic nitrogens is 1. The number of aliphatic hydroxyl groups is 2. The van der Waals surface area contributed by atoms with Crippen LogP contribution in [0.25, 0.3) is 0 Å². The smallest absolute Gasteiger partial charge is 0.219 e. The Bertz CT molecular complexity index is 557. The molecule has 1 heterocycles. The molecule has 1 aromatic heterocycles. The lowest BCUT2D eigenvalue weighted by molar-refractivity contribution is 0.274. The van der Waals surface area contributed by atoms with Gasteiger partial charge < -0.3 is 19.7 Å². The molecule has 0 saturated carbocycles. The van der Waals surface area contributed by atoms with Gasteiger partial charge in [0.25, 0.3) is 0 Å². The number of nitrogens with zero attached hydrogens (tertiary/aromatic N) is 1. The highest BCUT2D eigenvalue weighted by molar-refractivity contribution is 5.44. The number of aliphatic hydroxyl groups excluding tert-OH is 2. The van der Waals surface area contributed by atoms with Gasteiger partial charge in [-0.25, -0.2) is 4.98 Å². The number of hydrogen-bond donors (Lipinski definition) is 2. The minimum absolute atomic E-state index is 0.0606. The van der Waals surface area contributed by atoms with E-state index in [1.54, 1.807) is 36.4 Å². The molecule has 0 amide bonds. The molecule has 2 aromatic rings. The van der Waals surface area contributed by atoms with Crippen molar-refractivity contribution in [3.8, 4) is 17.4 Å².